The van der Waals surface area contributed by atoms with Gasteiger partial charge >= 0.3 is 0 Å². The van der Waals surface area contributed by atoms with Gasteiger partial charge in [0, 0.05) is 17.7 Å². The molecule has 0 aliphatic heterocycles. The zero-order valence-electron chi connectivity index (χ0n) is 12.1. The van der Waals surface area contributed by atoms with E-state index < -0.39 is 10.8 Å². The van der Waals surface area contributed by atoms with E-state index in [9.17, 15) is 25.1 Å². The number of para-hydroxylation sites is 1. The van der Waals surface area contributed by atoms with Gasteiger partial charge in [0.1, 0.15) is 17.1 Å². The first-order valence-corrected chi connectivity index (χ1v) is 6.50. The summed E-state index contributed by atoms with van der Waals surface area (Å²) in [7, 11) is 0. The fourth-order valence-corrected chi connectivity index (χ4v) is 1.91. The number of carbonyl (C=O) groups is 1. The normalized spacial score (nSPS) is 11.1. The van der Waals surface area contributed by atoms with Crippen molar-refractivity contribution in [2.45, 2.75) is 6.92 Å². The van der Waals surface area contributed by atoms with E-state index in [0.717, 1.165) is 6.07 Å². The van der Waals surface area contributed by atoms with Crippen molar-refractivity contribution in [1.29, 1.82) is 0 Å². The summed E-state index contributed by atoms with van der Waals surface area (Å²) in [6.07, 6.45) is 0. The minimum atomic E-state index is -0.741. The van der Waals surface area contributed by atoms with Crippen LogP contribution in [0.3, 0.4) is 0 Å². The summed E-state index contributed by atoms with van der Waals surface area (Å²) in [5, 5.41) is 33.7. The van der Waals surface area contributed by atoms with E-state index >= 15 is 0 Å². The minimum absolute atomic E-state index is 0.108. The summed E-state index contributed by atoms with van der Waals surface area (Å²) in [6, 6.07) is 9.42. The van der Waals surface area contributed by atoms with Gasteiger partial charge in [0.2, 0.25) is 0 Å². The first kappa shape index (κ1) is 16.0. The highest BCUT2D eigenvalue weighted by Gasteiger charge is 2.18. The predicted molar refractivity (Wildman–Crippen MR) is 82.5 cm³/mol. The van der Waals surface area contributed by atoms with Crippen LogP contribution in [0.15, 0.2) is 47.6 Å². The van der Waals surface area contributed by atoms with Gasteiger partial charge in [0.25, 0.3) is 11.6 Å². The molecule has 2 aromatic rings. The first-order valence-electron chi connectivity index (χ1n) is 6.50. The number of hydrazone groups is 1. The highest BCUT2D eigenvalue weighted by molar-refractivity contribution is 6.03. The molecule has 1 amide bonds. The summed E-state index contributed by atoms with van der Waals surface area (Å²) in [4.78, 5) is 22.3. The number of nitro groups is 1. The zero-order valence-corrected chi connectivity index (χ0v) is 12.1. The number of carbonyl (C=O) groups excluding carboxylic acids is 1. The molecule has 23 heavy (non-hydrogen) atoms. The second kappa shape index (κ2) is 6.56. The van der Waals surface area contributed by atoms with Crippen molar-refractivity contribution in [2.75, 3.05) is 0 Å². The molecule has 0 aliphatic carbocycles. The van der Waals surface area contributed by atoms with Crippen LogP contribution in [0.1, 0.15) is 22.8 Å². The van der Waals surface area contributed by atoms with Crippen LogP contribution in [-0.2, 0) is 0 Å². The van der Waals surface area contributed by atoms with Gasteiger partial charge in [0.05, 0.1) is 10.6 Å². The van der Waals surface area contributed by atoms with E-state index in [4.69, 9.17) is 0 Å². The van der Waals surface area contributed by atoms with Crippen LogP contribution in [0, 0.1) is 10.1 Å². The van der Waals surface area contributed by atoms with Gasteiger partial charge in [-0.1, -0.05) is 12.1 Å². The lowest BCUT2D eigenvalue weighted by Crippen LogP contribution is -2.20. The van der Waals surface area contributed by atoms with Gasteiger partial charge in [0.15, 0.2) is 0 Å². The van der Waals surface area contributed by atoms with Gasteiger partial charge < -0.3 is 10.2 Å². The number of benzene rings is 2. The number of hydrogen-bond donors (Lipinski definition) is 3. The van der Waals surface area contributed by atoms with Crippen molar-refractivity contribution in [2.24, 2.45) is 5.10 Å². The first-order chi connectivity index (χ1) is 10.9. The minimum Gasteiger partial charge on any atom is -0.508 e. The van der Waals surface area contributed by atoms with Gasteiger partial charge in [-0.05, 0) is 25.1 Å². The highest BCUT2D eigenvalue weighted by atomic mass is 16.6. The quantitative estimate of drug-likeness (QED) is 0.453. The molecule has 0 aliphatic rings. The largest absolute Gasteiger partial charge is 0.508 e. The standard InChI is InChI=1S/C15H13N3O5/c1-9(11-7-6-10(19)8-14(11)20)16-17-15(21)12-4-2-3-5-13(12)18(22)23/h2-8,19-20H,1H3,(H,17,21)/b16-9+. The monoisotopic (exact) mass is 315 g/mol. The topological polar surface area (TPSA) is 125 Å². The number of hydrogen-bond acceptors (Lipinski definition) is 6. The molecule has 8 nitrogen and oxygen atoms in total. The molecule has 0 unspecified atom stereocenters. The SMILES string of the molecule is C/C(=N\NC(=O)c1ccccc1[N+](=O)[O-])c1ccc(O)cc1O. The third-order valence-electron chi connectivity index (χ3n) is 3.04. The van der Waals surface area contributed by atoms with E-state index in [0.29, 0.717) is 5.56 Å². The molecule has 8 heteroatoms. The fourth-order valence-electron chi connectivity index (χ4n) is 1.91. The summed E-state index contributed by atoms with van der Waals surface area (Å²) >= 11 is 0. The molecule has 0 spiro atoms. The van der Waals surface area contributed by atoms with Crippen LogP contribution in [0.4, 0.5) is 5.69 Å². The maximum Gasteiger partial charge on any atom is 0.282 e. The lowest BCUT2D eigenvalue weighted by atomic mass is 10.1. The maximum absolute atomic E-state index is 12.0. The smallest absolute Gasteiger partial charge is 0.282 e. The van der Waals surface area contributed by atoms with Crippen LogP contribution in [0.5, 0.6) is 11.5 Å². The molecular formula is C15H13N3O5. The molecule has 0 bridgehead atoms. The van der Waals surface area contributed by atoms with Crippen molar-refractivity contribution in [3.05, 3.63) is 63.7 Å². The molecule has 0 saturated heterocycles. The average molecular weight is 315 g/mol. The molecular weight excluding hydrogens is 302 g/mol. The second-order valence-corrected chi connectivity index (χ2v) is 4.61. The number of nitrogens with one attached hydrogen (secondary N) is 1. The summed E-state index contributed by atoms with van der Waals surface area (Å²) < 4.78 is 0. The van der Waals surface area contributed by atoms with Crippen LogP contribution in [0.2, 0.25) is 0 Å². The number of phenols is 2. The fraction of sp³-hybridized carbons (Fsp3) is 0.0667. The Hall–Kier alpha value is -3.42. The van der Waals surface area contributed by atoms with Crippen molar-refractivity contribution in [1.82, 2.24) is 5.43 Å². The van der Waals surface area contributed by atoms with E-state index in [-0.39, 0.29) is 28.5 Å². The second-order valence-electron chi connectivity index (χ2n) is 4.61. The molecule has 3 N–H and O–H groups in total. The molecule has 0 aromatic heterocycles. The summed E-state index contributed by atoms with van der Waals surface area (Å²) in [5.41, 5.74) is 2.34. The molecule has 0 heterocycles. The van der Waals surface area contributed by atoms with E-state index in [1.165, 1.54) is 43.3 Å². The molecule has 2 aromatic carbocycles. The van der Waals surface area contributed by atoms with Crippen molar-refractivity contribution >= 4 is 17.3 Å². The van der Waals surface area contributed by atoms with Crippen molar-refractivity contribution < 1.29 is 19.9 Å². The third-order valence-corrected chi connectivity index (χ3v) is 3.04. The molecule has 0 fully saturated rings. The number of rotatable bonds is 4. The van der Waals surface area contributed by atoms with Gasteiger partial charge in [-0.2, -0.15) is 5.10 Å². The van der Waals surface area contributed by atoms with Gasteiger partial charge in [-0.15, -0.1) is 0 Å². The Balaban J connectivity index is 2.22. The molecule has 0 saturated carbocycles. The molecule has 2 rings (SSSR count). The molecule has 0 radical (unpaired) electrons. The number of aromatic hydroxyl groups is 2. The third kappa shape index (κ3) is 3.62. The number of amides is 1. The number of nitrogens with zero attached hydrogens (tertiary/aromatic N) is 2. The zero-order chi connectivity index (χ0) is 17.0. The van der Waals surface area contributed by atoms with E-state index in [1.54, 1.807) is 0 Å². The van der Waals surface area contributed by atoms with E-state index in [2.05, 4.69) is 10.5 Å². The highest BCUT2D eigenvalue weighted by Crippen LogP contribution is 2.23. The number of phenolic OH excluding ortho intramolecular Hbond substituents is 2. The predicted octanol–water partition coefficient (Wildman–Crippen LogP) is 2.16. The van der Waals surface area contributed by atoms with Crippen LogP contribution >= 0.6 is 0 Å². The van der Waals surface area contributed by atoms with Crippen molar-refractivity contribution in [3.63, 3.8) is 0 Å². The maximum atomic E-state index is 12.0. The van der Waals surface area contributed by atoms with Crippen molar-refractivity contribution in [3.8, 4) is 11.5 Å². The Kier molecular flexibility index (Phi) is 4.55. The van der Waals surface area contributed by atoms with Gasteiger partial charge in [-0.25, -0.2) is 5.43 Å². The van der Waals surface area contributed by atoms with Gasteiger partial charge in [-0.3, -0.25) is 14.9 Å². The van der Waals surface area contributed by atoms with Crippen LogP contribution in [-0.4, -0.2) is 26.8 Å². The van der Waals surface area contributed by atoms with E-state index in [1.807, 2.05) is 0 Å². The summed E-state index contributed by atoms with van der Waals surface area (Å²) in [5.74, 6) is -1.05. The Labute approximate surface area is 130 Å². The lowest BCUT2D eigenvalue weighted by Gasteiger charge is -2.06. The molecule has 0 atom stereocenters. The Morgan fingerprint density at radius 3 is 2.52 bits per heavy atom. The summed E-state index contributed by atoms with van der Waals surface area (Å²) in [6.45, 7) is 1.53. The number of nitro benzene ring substituents is 1. The Bertz CT molecular complexity index is 801. The Morgan fingerprint density at radius 2 is 1.87 bits per heavy atom. The lowest BCUT2D eigenvalue weighted by molar-refractivity contribution is -0.385. The average Bonchev–Trinajstić information content (AvgIpc) is 2.52. The van der Waals surface area contributed by atoms with Crippen LogP contribution in [0.25, 0.3) is 0 Å². The van der Waals surface area contributed by atoms with Crippen LogP contribution < -0.4 is 5.43 Å². The Morgan fingerprint density at radius 1 is 1.17 bits per heavy atom. The molecule has 118 valence electrons.